The number of hydrogen-bond donors (Lipinski definition) is 0. The largest absolute Gasteiger partial charge is 0.335 e. The lowest BCUT2D eigenvalue weighted by Gasteiger charge is -2.33. The Morgan fingerprint density at radius 1 is 1.20 bits per heavy atom. The molecule has 1 aromatic heterocycles. The van der Waals surface area contributed by atoms with Crippen LogP contribution >= 0.6 is 0 Å². The average molecular weight is 340 g/mol. The van der Waals surface area contributed by atoms with Gasteiger partial charge in [0.1, 0.15) is 5.82 Å². The summed E-state index contributed by atoms with van der Waals surface area (Å²) in [5, 5.41) is 0. The van der Waals surface area contributed by atoms with Crippen molar-refractivity contribution in [1.82, 2.24) is 14.5 Å². The maximum atomic E-state index is 12.7. The molecule has 0 N–H and O–H groups in total. The van der Waals surface area contributed by atoms with Gasteiger partial charge in [-0.25, -0.2) is 4.98 Å². The van der Waals surface area contributed by atoms with Crippen molar-refractivity contribution < 1.29 is 4.79 Å². The molecule has 5 heteroatoms. The van der Waals surface area contributed by atoms with Crippen molar-refractivity contribution in [3.8, 4) is 0 Å². The highest BCUT2D eigenvalue weighted by Crippen LogP contribution is 2.22. The van der Waals surface area contributed by atoms with Gasteiger partial charge in [-0.15, -0.1) is 0 Å². The lowest BCUT2D eigenvalue weighted by molar-refractivity contribution is -0.123. The fraction of sp³-hybridized carbons (Fsp3) is 0.500. The van der Waals surface area contributed by atoms with Crippen molar-refractivity contribution in [2.75, 3.05) is 31.6 Å². The van der Waals surface area contributed by atoms with Gasteiger partial charge >= 0.3 is 0 Å². The number of aryl methyl sites for hydroxylation is 2. The third-order valence-electron chi connectivity index (χ3n) is 5.21. The van der Waals surface area contributed by atoms with Crippen LogP contribution in [0.5, 0.6) is 0 Å². The van der Waals surface area contributed by atoms with E-state index in [0.717, 1.165) is 57.0 Å². The average Bonchev–Trinajstić information content (AvgIpc) is 3.07. The first kappa shape index (κ1) is 17.7. The number of nitrogens with zero attached hydrogens (tertiary/aromatic N) is 4. The van der Waals surface area contributed by atoms with Gasteiger partial charge in [0.15, 0.2) is 0 Å². The first-order valence-electron chi connectivity index (χ1n) is 9.18. The van der Waals surface area contributed by atoms with Gasteiger partial charge < -0.3 is 14.4 Å². The Bertz CT molecular complexity index is 674. The Hall–Kier alpha value is -2.14. The molecule has 0 saturated carbocycles. The Morgan fingerprint density at radius 2 is 1.92 bits per heavy atom. The van der Waals surface area contributed by atoms with Crippen molar-refractivity contribution in [2.24, 2.45) is 5.92 Å². The zero-order chi connectivity index (χ0) is 17.6. The second-order valence-corrected chi connectivity index (χ2v) is 6.87. The highest BCUT2D eigenvalue weighted by Gasteiger charge is 2.27. The molecule has 3 rings (SSSR count). The summed E-state index contributed by atoms with van der Waals surface area (Å²) in [6, 6.07) is 9.91. The topological polar surface area (TPSA) is 41.4 Å². The Balaban J connectivity index is 1.42. The van der Waals surface area contributed by atoms with Gasteiger partial charge in [0.05, 0.1) is 0 Å². The Labute approximate surface area is 150 Å². The van der Waals surface area contributed by atoms with Gasteiger partial charge in [-0.3, -0.25) is 4.79 Å². The van der Waals surface area contributed by atoms with E-state index in [1.807, 2.05) is 61.6 Å². The molecule has 1 fully saturated rings. The molecule has 0 aliphatic carbocycles. The van der Waals surface area contributed by atoms with Crippen LogP contribution in [0.2, 0.25) is 0 Å². The SMILES string of the molecule is Cc1nccn1CCCN1CCC(C(=O)N(C)c2ccccc2)CC1. The number of aromatic nitrogens is 2. The minimum absolute atomic E-state index is 0.150. The molecular weight excluding hydrogens is 312 g/mol. The molecule has 2 heterocycles. The molecule has 0 bridgehead atoms. The van der Waals surface area contributed by atoms with Crippen LogP contribution in [0.3, 0.4) is 0 Å². The second kappa shape index (κ2) is 8.30. The van der Waals surface area contributed by atoms with Gasteiger partial charge in [-0.1, -0.05) is 18.2 Å². The van der Waals surface area contributed by atoms with E-state index in [0.29, 0.717) is 0 Å². The number of piperidine rings is 1. The summed E-state index contributed by atoms with van der Waals surface area (Å²) in [5.41, 5.74) is 0.977. The van der Waals surface area contributed by atoms with Crippen LogP contribution in [0.25, 0.3) is 0 Å². The van der Waals surface area contributed by atoms with Crippen LogP contribution in [0.15, 0.2) is 42.7 Å². The third kappa shape index (κ3) is 4.48. The quantitative estimate of drug-likeness (QED) is 0.812. The monoisotopic (exact) mass is 340 g/mol. The molecule has 0 spiro atoms. The zero-order valence-corrected chi connectivity index (χ0v) is 15.3. The van der Waals surface area contributed by atoms with Crippen LogP contribution < -0.4 is 4.90 Å². The molecule has 25 heavy (non-hydrogen) atoms. The molecule has 0 unspecified atom stereocenters. The fourth-order valence-corrected chi connectivity index (χ4v) is 3.56. The number of amides is 1. The van der Waals surface area contributed by atoms with Gasteiger partial charge in [0, 0.05) is 37.6 Å². The highest BCUT2D eigenvalue weighted by atomic mass is 16.2. The summed E-state index contributed by atoms with van der Waals surface area (Å²) in [4.78, 5) is 21.3. The van der Waals surface area contributed by atoms with E-state index < -0.39 is 0 Å². The van der Waals surface area contributed by atoms with Crippen molar-refractivity contribution in [1.29, 1.82) is 0 Å². The van der Waals surface area contributed by atoms with Gasteiger partial charge in [0.25, 0.3) is 0 Å². The number of hydrogen-bond acceptors (Lipinski definition) is 3. The number of imidazole rings is 1. The Kier molecular flexibility index (Phi) is 5.87. The highest BCUT2D eigenvalue weighted by molar-refractivity contribution is 5.94. The lowest BCUT2D eigenvalue weighted by atomic mass is 9.95. The van der Waals surface area contributed by atoms with Gasteiger partial charge in [0.2, 0.25) is 5.91 Å². The normalized spacial score (nSPS) is 16.1. The standard InChI is InChI=1S/C20H28N4O/c1-17-21-11-16-24(17)13-6-12-23-14-9-18(10-15-23)20(25)22(2)19-7-4-3-5-8-19/h3-5,7-8,11,16,18H,6,9-10,12-15H2,1-2H3. The molecular formula is C20H28N4O. The summed E-state index contributed by atoms with van der Waals surface area (Å²) in [5.74, 6) is 1.48. The minimum Gasteiger partial charge on any atom is -0.335 e. The van der Waals surface area contributed by atoms with E-state index in [9.17, 15) is 4.79 Å². The van der Waals surface area contributed by atoms with Crippen LogP contribution in [-0.4, -0.2) is 47.0 Å². The molecule has 0 atom stereocenters. The Morgan fingerprint density at radius 3 is 2.56 bits per heavy atom. The van der Waals surface area contributed by atoms with E-state index in [4.69, 9.17) is 0 Å². The van der Waals surface area contributed by atoms with Crippen LogP contribution in [0.1, 0.15) is 25.1 Å². The minimum atomic E-state index is 0.150. The fourth-order valence-electron chi connectivity index (χ4n) is 3.56. The van der Waals surface area contributed by atoms with Crippen molar-refractivity contribution >= 4 is 11.6 Å². The first-order chi connectivity index (χ1) is 12.1. The summed E-state index contributed by atoms with van der Waals surface area (Å²) in [6.07, 6.45) is 6.94. The van der Waals surface area contributed by atoms with Crippen molar-refractivity contribution in [2.45, 2.75) is 32.7 Å². The maximum absolute atomic E-state index is 12.7. The summed E-state index contributed by atoms with van der Waals surface area (Å²) in [7, 11) is 1.89. The molecule has 2 aromatic rings. The first-order valence-corrected chi connectivity index (χ1v) is 9.18. The number of para-hydroxylation sites is 1. The van der Waals surface area contributed by atoms with Crippen LogP contribution in [0, 0.1) is 12.8 Å². The molecule has 1 aliphatic rings. The summed E-state index contributed by atoms with van der Waals surface area (Å²) in [6.45, 7) is 6.18. The molecule has 1 aromatic carbocycles. The molecule has 1 amide bonds. The molecule has 0 radical (unpaired) electrons. The van der Waals surface area contributed by atoms with E-state index in [1.165, 1.54) is 0 Å². The number of anilines is 1. The van der Waals surface area contributed by atoms with E-state index in [1.54, 1.807) is 0 Å². The lowest BCUT2D eigenvalue weighted by Crippen LogP contribution is -2.41. The molecule has 1 saturated heterocycles. The van der Waals surface area contributed by atoms with E-state index >= 15 is 0 Å². The van der Waals surface area contributed by atoms with E-state index in [2.05, 4.69) is 14.5 Å². The number of rotatable bonds is 6. The number of likely N-dealkylation sites (tertiary alicyclic amines) is 1. The summed E-state index contributed by atoms with van der Waals surface area (Å²) >= 11 is 0. The summed E-state index contributed by atoms with van der Waals surface area (Å²) < 4.78 is 2.20. The number of benzene rings is 1. The molecule has 5 nitrogen and oxygen atoms in total. The van der Waals surface area contributed by atoms with Crippen LogP contribution in [-0.2, 0) is 11.3 Å². The third-order valence-corrected chi connectivity index (χ3v) is 5.21. The second-order valence-electron chi connectivity index (χ2n) is 6.87. The van der Waals surface area contributed by atoms with Crippen LogP contribution in [0.4, 0.5) is 5.69 Å². The predicted molar refractivity (Wildman–Crippen MR) is 101 cm³/mol. The smallest absolute Gasteiger partial charge is 0.229 e. The predicted octanol–water partition coefficient (Wildman–Crippen LogP) is 2.96. The number of carbonyl (C=O) groups is 1. The number of carbonyl (C=O) groups excluding carboxylic acids is 1. The van der Waals surface area contributed by atoms with Crippen molar-refractivity contribution in [3.63, 3.8) is 0 Å². The van der Waals surface area contributed by atoms with Gasteiger partial charge in [-0.2, -0.15) is 0 Å². The molecule has 134 valence electrons. The van der Waals surface area contributed by atoms with E-state index in [-0.39, 0.29) is 11.8 Å². The maximum Gasteiger partial charge on any atom is 0.229 e. The van der Waals surface area contributed by atoms with Crippen molar-refractivity contribution in [3.05, 3.63) is 48.5 Å². The molecule has 1 aliphatic heterocycles. The van der Waals surface area contributed by atoms with Gasteiger partial charge in [-0.05, 0) is 58.0 Å². The zero-order valence-electron chi connectivity index (χ0n) is 15.3.